The van der Waals surface area contributed by atoms with E-state index in [4.69, 9.17) is 0 Å². The van der Waals surface area contributed by atoms with Crippen molar-refractivity contribution >= 4 is 44.2 Å². The molecule has 4 heterocycles. The minimum absolute atomic E-state index is 0.111. The molecule has 6 rings (SSSR count). The molecule has 1 aliphatic heterocycles. The first-order valence-electron chi connectivity index (χ1n) is 11.0. The molecular formula is C25H20FN5O2S. The fourth-order valence-electron chi connectivity index (χ4n) is 4.69. The van der Waals surface area contributed by atoms with E-state index < -0.39 is 0 Å². The third kappa shape index (κ3) is 3.23. The summed E-state index contributed by atoms with van der Waals surface area (Å²) in [6.45, 7) is 0.480. The van der Waals surface area contributed by atoms with Crippen LogP contribution in [-0.2, 0) is 24.8 Å². The zero-order valence-electron chi connectivity index (χ0n) is 18.4. The molecule has 2 aromatic carbocycles. The number of hydrogen-bond acceptors (Lipinski definition) is 5. The Bertz CT molecular complexity index is 1630. The van der Waals surface area contributed by atoms with Crippen LogP contribution in [0.4, 0.5) is 10.1 Å². The molecule has 1 aliphatic rings. The van der Waals surface area contributed by atoms with Crippen LogP contribution in [0.2, 0.25) is 0 Å². The molecule has 170 valence electrons. The summed E-state index contributed by atoms with van der Waals surface area (Å²) in [4.78, 5) is 38.0. The van der Waals surface area contributed by atoms with Crippen LogP contribution in [0.5, 0.6) is 0 Å². The molecule has 9 heteroatoms. The van der Waals surface area contributed by atoms with E-state index in [1.54, 1.807) is 23.4 Å². The number of benzene rings is 2. The number of halogens is 1. The van der Waals surface area contributed by atoms with Gasteiger partial charge in [0.05, 0.1) is 29.1 Å². The molecule has 0 saturated heterocycles. The van der Waals surface area contributed by atoms with E-state index in [0.717, 1.165) is 40.7 Å². The highest BCUT2D eigenvalue weighted by atomic mass is 32.1. The SMILES string of the molecule is Cn1cnc2c3c(ccc21)N(C(=O)Cn1cnc2scc(-c4ccc(F)cc4)c2c1=O)CCC3. The molecule has 1 amide bonds. The van der Waals surface area contributed by atoms with Gasteiger partial charge in [-0.15, -0.1) is 11.3 Å². The monoisotopic (exact) mass is 473 g/mol. The van der Waals surface area contributed by atoms with Gasteiger partial charge in [0.2, 0.25) is 5.91 Å². The quantitative estimate of drug-likeness (QED) is 0.395. The number of thiophene rings is 1. The summed E-state index contributed by atoms with van der Waals surface area (Å²) in [6.07, 6.45) is 4.91. The van der Waals surface area contributed by atoms with Crippen molar-refractivity contribution in [3.8, 4) is 11.1 Å². The molecule has 7 nitrogen and oxygen atoms in total. The Morgan fingerprint density at radius 3 is 2.76 bits per heavy atom. The van der Waals surface area contributed by atoms with E-state index in [1.165, 1.54) is 34.4 Å². The van der Waals surface area contributed by atoms with Crippen LogP contribution >= 0.6 is 11.3 Å². The first-order chi connectivity index (χ1) is 16.5. The third-order valence-electron chi connectivity index (χ3n) is 6.40. The maximum absolute atomic E-state index is 13.4. The number of aryl methyl sites for hydroxylation is 2. The molecule has 0 radical (unpaired) electrons. The van der Waals surface area contributed by atoms with Crippen LogP contribution in [-0.4, -0.2) is 31.6 Å². The topological polar surface area (TPSA) is 73.0 Å². The number of carbonyl (C=O) groups excluding carboxylic acids is 1. The third-order valence-corrected chi connectivity index (χ3v) is 7.28. The first kappa shape index (κ1) is 20.7. The van der Waals surface area contributed by atoms with Crippen molar-refractivity contribution in [2.75, 3.05) is 11.4 Å². The van der Waals surface area contributed by atoms with Crippen LogP contribution in [0.25, 0.3) is 32.4 Å². The second-order valence-electron chi connectivity index (χ2n) is 8.45. The standard InChI is InChI=1S/C25H20FN5O2S/c1-29-13-27-23-17-3-2-10-31(19(17)8-9-20(23)29)21(32)11-30-14-28-24-22(25(30)33)18(12-34-24)15-4-6-16(26)7-5-15/h4-9,12-14H,2-3,10-11H2,1H3. The molecule has 0 N–H and O–H groups in total. The second kappa shape index (κ2) is 7.88. The Morgan fingerprint density at radius 1 is 1.12 bits per heavy atom. The van der Waals surface area contributed by atoms with Crippen molar-refractivity contribution in [3.05, 3.63) is 76.2 Å². The second-order valence-corrected chi connectivity index (χ2v) is 9.31. The Kier molecular flexibility index (Phi) is 4.80. The highest BCUT2D eigenvalue weighted by Crippen LogP contribution is 2.33. The lowest BCUT2D eigenvalue weighted by Crippen LogP contribution is -2.39. The lowest BCUT2D eigenvalue weighted by atomic mass is 10.00. The number of nitrogens with zero attached hydrogens (tertiary/aromatic N) is 5. The summed E-state index contributed by atoms with van der Waals surface area (Å²) in [7, 11) is 1.95. The van der Waals surface area contributed by atoms with Gasteiger partial charge in [-0.2, -0.15) is 0 Å². The first-order valence-corrected chi connectivity index (χ1v) is 11.8. The molecule has 0 bridgehead atoms. The minimum atomic E-state index is -0.339. The van der Waals surface area contributed by atoms with Crippen molar-refractivity contribution in [1.29, 1.82) is 0 Å². The average molecular weight is 474 g/mol. The van der Waals surface area contributed by atoms with E-state index >= 15 is 0 Å². The van der Waals surface area contributed by atoms with Gasteiger partial charge < -0.3 is 9.47 Å². The van der Waals surface area contributed by atoms with E-state index in [0.29, 0.717) is 22.3 Å². The van der Waals surface area contributed by atoms with Crippen molar-refractivity contribution in [1.82, 2.24) is 19.1 Å². The number of rotatable bonds is 3. The summed E-state index contributed by atoms with van der Waals surface area (Å²) in [5, 5.41) is 2.29. The molecular weight excluding hydrogens is 453 g/mol. The molecule has 0 unspecified atom stereocenters. The molecule has 34 heavy (non-hydrogen) atoms. The van der Waals surface area contributed by atoms with Gasteiger partial charge in [-0.3, -0.25) is 14.2 Å². The lowest BCUT2D eigenvalue weighted by Gasteiger charge is -2.30. The average Bonchev–Trinajstić information content (AvgIpc) is 3.45. The number of anilines is 1. The molecule has 0 aliphatic carbocycles. The van der Waals surface area contributed by atoms with E-state index in [-0.39, 0.29) is 23.8 Å². The largest absolute Gasteiger partial charge is 0.334 e. The van der Waals surface area contributed by atoms with Gasteiger partial charge in [0.15, 0.2) is 0 Å². The van der Waals surface area contributed by atoms with Crippen LogP contribution in [0.3, 0.4) is 0 Å². The highest BCUT2D eigenvalue weighted by molar-refractivity contribution is 7.17. The smallest absolute Gasteiger partial charge is 0.263 e. The maximum atomic E-state index is 13.4. The highest BCUT2D eigenvalue weighted by Gasteiger charge is 2.26. The number of aromatic nitrogens is 4. The Labute approximate surface area is 197 Å². The van der Waals surface area contributed by atoms with E-state index in [9.17, 15) is 14.0 Å². The number of carbonyl (C=O) groups is 1. The van der Waals surface area contributed by atoms with Gasteiger partial charge in [-0.1, -0.05) is 12.1 Å². The van der Waals surface area contributed by atoms with Gasteiger partial charge in [0.1, 0.15) is 17.2 Å². The molecule has 0 atom stereocenters. The molecule has 0 saturated carbocycles. The van der Waals surface area contributed by atoms with Gasteiger partial charge in [0, 0.05) is 35.8 Å². The summed E-state index contributed by atoms with van der Waals surface area (Å²) in [5.41, 5.74) is 5.02. The molecule has 3 aromatic heterocycles. The summed E-state index contributed by atoms with van der Waals surface area (Å²) < 4.78 is 16.7. The number of fused-ring (bicyclic) bond motifs is 4. The van der Waals surface area contributed by atoms with Crippen LogP contribution < -0.4 is 10.5 Å². The van der Waals surface area contributed by atoms with Crippen molar-refractivity contribution in [3.63, 3.8) is 0 Å². The van der Waals surface area contributed by atoms with E-state index in [2.05, 4.69) is 9.97 Å². The summed E-state index contributed by atoms with van der Waals surface area (Å²) in [6, 6.07) is 9.95. The van der Waals surface area contributed by atoms with Gasteiger partial charge in [-0.05, 0) is 42.7 Å². The fraction of sp³-hybridized carbons (Fsp3) is 0.200. The molecule has 0 fully saturated rings. The predicted molar refractivity (Wildman–Crippen MR) is 131 cm³/mol. The van der Waals surface area contributed by atoms with Crippen LogP contribution in [0.15, 0.2) is 59.2 Å². The van der Waals surface area contributed by atoms with Crippen LogP contribution in [0, 0.1) is 5.82 Å². The maximum Gasteiger partial charge on any atom is 0.263 e. The zero-order valence-corrected chi connectivity index (χ0v) is 19.2. The Hall–Kier alpha value is -3.85. The number of imidazole rings is 1. The van der Waals surface area contributed by atoms with Crippen LogP contribution in [0.1, 0.15) is 12.0 Å². The van der Waals surface area contributed by atoms with Crippen molar-refractivity contribution < 1.29 is 9.18 Å². The zero-order chi connectivity index (χ0) is 23.4. The van der Waals surface area contributed by atoms with Gasteiger partial charge in [0.25, 0.3) is 5.56 Å². The predicted octanol–water partition coefficient (Wildman–Crippen LogP) is 4.13. The molecule has 0 spiro atoms. The number of amides is 1. The lowest BCUT2D eigenvalue weighted by molar-refractivity contribution is -0.119. The summed E-state index contributed by atoms with van der Waals surface area (Å²) >= 11 is 1.35. The Balaban J connectivity index is 1.36. The normalized spacial score (nSPS) is 13.5. The summed E-state index contributed by atoms with van der Waals surface area (Å²) in [5.74, 6) is -0.507. The van der Waals surface area contributed by atoms with Gasteiger partial charge in [-0.25, -0.2) is 14.4 Å². The Morgan fingerprint density at radius 2 is 1.94 bits per heavy atom. The molecule has 5 aromatic rings. The number of hydrogen-bond donors (Lipinski definition) is 0. The fourth-order valence-corrected chi connectivity index (χ4v) is 5.60. The van der Waals surface area contributed by atoms with Gasteiger partial charge >= 0.3 is 0 Å². The minimum Gasteiger partial charge on any atom is -0.334 e. The van der Waals surface area contributed by atoms with Crippen molar-refractivity contribution in [2.45, 2.75) is 19.4 Å². The van der Waals surface area contributed by atoms with E-state index in [1.807, 2.05) is 29.1 Å². The van der Waals surface area contributed by atoms with Crippen molar-refractivity contribution in [2.24, 2.45) is 7.05 Å².